The van der Waals surface area contributed by atoms with Gasteiger partial charge in [0.15, 0.2) is 0 Å². The van der Waals surface area contributed by atoms with Crippen LogP contribution in [0.5, 0.6) is 5.75 Å². The van der Waals surface area contributed by atoms with Gasteiger partial charge in [0.25, 0.3) is 0 Å². The normalized spacial score (nSPS) is 16.8. The van der Waals surface area contributed by atoms with Crippen LogP contribution in [0.1, 0.15) is 23.7 Å². The minimum absolute atomic E-state index is 0.123. The first-order valence-electron chi connectivity index (χ1n) is 6.04. The van der Waals surface area contributed by atoms with Gasteiger partial charge in [0.05, 0.1) is 4.90 Å². The van der Waals surface area contributed by atoms with Gasteiger partial charge < -0.3 is 10.2 Å². The van der Waals surface area contributed by atoms with Crippen LogP contribution < -0.4 is 0 Å². The zero-order valence-electron chi connectivity index (χ0n) is 10.9. The Kier molecular flexibility index (Phi) is 3.82. The lowest BCUT2D eigenvalue weighted by molar-refractivity contribution is 0.0693. The van der Waals surface area contributed by atoms with Crippen molar-refractivity contribution in [2.45, 2.75) is 18.2 Å². The van der Waals surface area contributed by atoms with Gasteiger partial charge in [0.1, 0.15) is 11.3 Å². The molecule has 2 N–H and O–H groups in total. The summed E-state index contributed by atoms with van der Waals surface area (Å²) in [6, 6.07) is 3.29. The van der Waals surface area contributed by atoms with Crippen LogP contribution in [0.15, 0.2) is 34.7 Å². The molecule has 7 heteroatoms. The molecule has 0 radical (unpaired) electrons. The highest BCUT2D eigenvalue weighted by atomic mass is 32.2. The number of phenols is 1. The SMILES string of the molecule is CC1=CCCN(S(=O)(=O)c2ccc(O)c(C(=O)O)c2)C1. The molecule has 2 rings (SSSR count). The van der Waals surface area contributed by atoms with E-state index in [2.05, 4.69) is 0 Å². The fraction of sp³-hybridized carbons (Fsp3) is 0.308. The molecule has 0 saturated heterocycles. The highest BCUT2D eigenvalue weighted by Gasteiger charge is 2.27. The number of sulfonamides is 1. The van der Waals surface area contributed by atoms with Crippen molar-refractivity contribution in [3.63, 3.8) is 0 Å². The van der Waals surface area contributed by atoms with Crippen LogP contribution in [0.25, 0.3) is 0 Å². The number of carbonyl (C=O) groups is 1. The largest absolute Gasteiger partial charge is 0.507 e. The molecule has 0 amide bonds. The lowest BCUT2D eigenvalue weighted by Gasteiger charge is -2.25. The van der Waals surface area contributed by atoms with Crippen LogP contribution in [-0.4, -0.2) is 42.0 Å². The van der Waals surface area contributed by atoms with Gasteiger partial charge in [0.2, 0.25) is 10.0 Å². The zero-order valence-corrected chi connectivity index (χ0v) is 11.7. The summed E-state index contributed by atoms with van der Waals surface area (Å²) in [4.78, 5) is 10.8. The molecule has 0 fully saturated rings. The number of carboxylic acid groups (broad SMARTS) is 1. The Hall–Kier alpha value is -1.86. The fourth-order valence-corrected chi connectivity index (χ4v) is 3.60. The first-order valence-corrected chi connectivity index (χ1v) is 7.48. The van der Waals surface area contributed by atoms with E-state index in [0.717, 1.165) is 17.7 Å². The van der Waals surface area contributed by atoms with E-state index in [1.165, 1.54) is 10.4 Å². The molecule has 108 valence electrons. The molecule has 0 bridgehead atoms. The Morgan fingerprint density at radius 2 is 2.05 bits per heavy atom. The summed E-state index contributed by atoms with van der Waals surface area (Å²) in [5.41, 5.74) is 0.535. The van der Waals surface area contributed by atoms with Crippen LogP contribution in [0, 0.1) is 0 Å². The maximum atomic E-state index is 12.4. The van der Waals surface area contributed by atoms with Crippen LogP contribution >= 0.6 is 0 Å². The van der Waals surface area contributed by atoms with Gasteiger partial charge in [-0.15, -0.1) is 0 Å². The number of rotatable bonds is 3. The molecule has 0 aliphatic carbocycles. The summed E-state index contributed by atoms with van der Waals surface area (Å²) in [5, 5.41) is 18.4. The number of nitrogens with zero attached hydrogens (tertiary/aromatic N) is 1. The summed E-state index contributed by atoms with van der Waals surface area (Å²) in [6.07, 6.45) is 2.61. The van der Waals surface area contributed by atoms with Gasteiger partial charge in [-0.2, -0.15) is 4.31 Å². The van der Waals surface area contributed by atoms with Crippen molar-refractivity contribution < 1.29 is 23.4 Å². The molecule has 0 saturated carbocycles. The third-order valence-corrected chi connectivity index (χ3v) is 4.97. The molecule has 1 aliphatic heterocycles. The Balaban J connectivity index is 2.42. The van der Waals surface area contributed by atoms with Gasteiger partial charge in [-0.1, -0.05) is 11.6 Å². The molecule has 1 aliphatic rings. The molecule has 1 aromatic rings. The average molecular weight is 297 g/mol. The van der Waals surface area contributed by atoms with Crippen LogP contribution in [0.4, 0.5) is 0 Å². The molecule has 20 heavy (non-hydrogen) atoms. The molecule has 0 atom stereocenters. The first-order chi connectivity index (χ1) is 9.32. The van der Waals surface area contributed by atoms with Crippen molar-refractivity contribution in [3.05, 3.63) is 35.4 Å². The Morgan fingerprint density at radius 1 is 1.35 bits per heavy atom. The van der Waals surface area contributed by atoms with E-state index in [9.17, 15) is 18.3 Å². The van der Waals surface area contributed by atoms with Crippen molar-refractivity contribution in [2.75, 3.05) is 13.1 Å². The second kappa shape index (κ2) is 5.26. The Morgan fingerprint density at radius 3 is 2.65 bits per heavy atom. The smallest absolute Gasteiger partial charge is 0.339 e. The molecule has 0 aromatic heterocycles. The van der Waals surface area contributed by atoms with Crippen LogP contribution in [-0.2, 0) is 10.0 Å². The molecule has 1 aromatic carbocycles. The quantitative estimate of drug-likeness (QED) is 0.823. The number of benzene rings is 1. The predicted molar refractivity (Wildman–Crippen MR) is 72.2 cm³/mol. The maximum Gasteiger partial charge on any atom is 0.339 e. The summed E-state index contributed by atoms with van der Waals surface area (Å²) >= 11 is 0. The van der Waals surface area contributed by atoms with E-state index in [0.29, 0.717) is 19.5 Å². The van der Waals surface area contributed by atoms with E-state index < -0.39 is 27.3 Å². The van der Waals surface area contributed by atoms with E-state index >= 15 is 0 Å². The van der Waals surface area contributed by atoms with Crippen LogP contribution in [0.2, 0.25) is 0 Å². The van der Waals surface area contributed by atoms with Crippen molar-refractivity contribution in [3.8, 4) is 5.75 Å². The average Bonchev–Trinajstić information content (AvgIpc) is 2.38. The third-order valence-electron chi connectivity index (χ3n) is 3.13. The molecular weight excluding hydrogens is 282 g/mol. The number of aromatic hydroxyl groups is 1. The highest BCUT2D eigenvalue weighted by molar-refractivity contribution is 7.89. The molecule has 6 nitrogen and oxygen atoms in total. The topological polar surface area (TPSA) is 94.9 Å². The monoisotopic (exact) mass is 297 g/mol. The predicted octanol–water partition coefficient (Wildman–Crippen LogP) is 1.43. The highest BCUT2D eigenvalue weighted by Crippen LogP contribution is 2.25. The lowest BCUT2D eigenvalue weighted by atomic mass is 10.2. The number of aromatic carboxylic acids is 1. The summed E-state index contributed by atoms with van der Waals surface area (Å²) in [6.45, 7) is 2.51. The van der Waals surface area contributed by atoms with Gasteiger partial charge in [-0.3, -0.25) is 0 Å². The van der Waals surface area contributed by atoms with Gasteiger partial charge >= 0.3 is 5.97 Å². The van der Waals surface area contributed by atoms with E-state index in [-0.39, 0.29) is 4.90 Å². The standard InChI is InChI=1S/C13H15NO5S/c1-9-3-2-6-14(8-9)20(18,19)10-4-5-12(15)11(7-10)13(16)17/h3-5,7,15H,2,6,8H2,1H3,(H,16,17). The number of hydrogen-bond acceptors (Lipinski definition) is 4. The van der Waals surface area contributed by atoms with E-state index in [1.54, 1.807) is 0 Å². The second-order valence-corrected chi connectivity index (χ2v) is 6.60. The molecule has 0 spiro atoms. The van der Waals surface area contributed by atoms with Crippen molar-refractivity contribution in [1.29, 1.82) is 0 Å². The minimum Gasteiger partial charge on any atom is -0.507 e. The number of carboxylic acids is 1. The Bertz CT molecular complexity index is 678. The first kappa shape index (κ1) is 14.5. The van der Waals surface area contributed by atoms with Gasteiger partial charge in [-0.05, 0) is 31.5 Å². The van der Waals surface area contributed by atoms with Crippen molar-refractivity contribution in [1.82, 2.24) is 4.31 Å². The lowest BCUT2D eigenvalue weighted by Crippen LogP contribution is -2.35. The summed E-state index contributed by atoms with van der Waals surface area (Å²) in [5.74, 6) is -1.82. The summed E-state index contributed by atoms with van der Waals surface area (Å²) < 4.78 is 26.2. The minimum atomic E-state index is -3.75. The molecule has 0 unspecified atom stereocenters. The Labute approximate surface area is 117 Å². The van der Waals surface area contributed by atoms with Crippen molar-refractivity contribution in [2.24, 2.45) is 0 Å². The molecule has 1 heterocycles. The van der Waals surface area contributed by atoms with Crippen molar-refractivity contribution >= 4 is 16.0 Å². The third kappa shape index (κ3) is 2.68. The van der Waals surface area contributed by atoms with E-state index in [4.69, 9.17) is 5.11 Å². The maximum absolute atomic E-state index is 12.4. The molecular formula is C13H15NO5S. The number of hydrogen-bond donors (Lipinski definition) is 2. The fourth-order valence-electron chi connectivity index (χ4n) is 2.08. The van der Waals surface area contributed by atoms with E-state index in [1.807, 2.05) is 13.0 Å². The van der Waals surface area contributed by atoms with Gasteiger partial charge in [-0.25, -0.2) is 13.2 Å². The zero-order chi connectivity index (χ0) is 14.9. The summed E-state index contributed by atoms with van der Waals surface area (Å²) in [7, 11) is -3.75. The second-order valence-electron chi connectivity index (χ2n) is 4.66. The van der Waals surface area contributed by atoms with Gasteiger partial charge in [0, 0.05) is 13.1 Å². The van der Waals surface area contributed by atoms with Crippen LogP contribution in [0.3, 0.4) is 0 Å².